The first kappa shape index (κ1) is 11.3. The summed E-state index contributed by atoms with van der Waals surface area (Å²) in [6.45, 7) is 1.97. The Hall–Kier alpha value is -1.20. The Balaban J connectivity index is 2.59. The molecule has 82 valence electrons. The van der Waals surface area contributed by atoms with Crippen LogP contribution in [0.2, 0.25) is 0 Å². The third kappa shape index (κ3) is 2.01. The Kier molecular flexibility index (Phi) is 3.07. The van der Waals surface area contributed by atoms with Gasteiger partial charge in [-0.1, -0.05) is 12.1 Å². The van der Waals surface area contributed by atoms with Gasteiger partial charge in [-0.3, -0.25) is 10.1 Å². The van der Waals surface area contributed by atoms with E-state index in [-0.39, 0.29) is 10.6 Å². The van der Waals surface area contributed by atoms with E-state index in [0.29, 0.717) is 5.56 Å². The number of thiophene rings is 1. The molecular weight excluding hydrogens is 290 g/mol. The number of hydrogen-bond acceptors (Lipinski definition) is 3. The molecule has 0 aliphatic heterocycles. The third-order valence-electron chi connectivity index (χ3n) is 2.22. The zero-order chi connectivity index (χ0) is 11.7. The zero-order valence-corrected chi connectivity index (χ0v) is 10.8. The van der Waals surface area contributed by atoms with Crippen LogP contribution < -0.4 is 0 Å². The lowest BCUT2D eigenvalue weighted by Gasteiger charge is -1.98. The summed E-state index contributed by atoms with van der Waals surface area (Å²) >= 11 is 4.93. The molecule has 2 aromatic rings. The van der Waals surface area contributed by atoms with Crippen molar-refractivity contribution in [1.82, 2.24) is 0 Å². The molecule has 0 amide bonds. The van der Waals surface area contributed by atoms with Gasteiger partial charge in [-0.05, 0) is 40.5 Å². The molecule has 2 rings (SSSR count). The topological polar surface area (TPSA) is 43.1 Å². The molecule has 0 saturated carbocycles. The molecule has 0 bridgehead atoms. The average Bonchev–Trinajstić information content (AvgIpc) is 2.59. The number of rotatable bonds is 2. The van der Waals surface area contributed by atoms with Crippen LogP contribution in [0.5, 0.6) is 0 Å². The average molecular weight is 298 g/mol. The van der Waals surface area contributed by atoms with E-state index in [1.165, 1.54) is 17.4 Å². The summed E-state index contributed by atoms with van der Waals surface area (Å²) in [7, 11) is 0. The summed E-state index contributed by atoms with van der Waals surface area (Å²) in [6, 6.07) is 8.74. The lowest BCUT2D eigenvalue weighted by molar-refractivity contribution is -0.384. The minimum absolute atomic E-state index is 0.149. The van der Waals surface area contributed by atoms with Crippen LogP contribution in [-0.4, -0.2) is 4.92 Å². The molecule has 0 aliphatic carbocycles. The van der Waals surface area contributed by atoms with Gasteiger partial charge in [-0.25, -0.2) is 0 Å². The van der Waals surface area contributed by atoms with Gasteiger partial charge in [0.05, 0.1) is 14.3 Å². The summed E-state index contributed by atoms with van der Waals surface area (Å²) in [4.78, 5) is 11.4. The van der Waals surface area contributed by atoms with Crippen LogP contribution in [0.25, 0.3) is 10.4 Å². The van der Waals surface area contributed by atoms with E-state index in [4.69, 9.17) is 0 Å². The van der Waals surface area contributed by atoms with Crippen molar-refractivity contribution in [1.29, 1.82) is 0 Å². The molecule has 1 heterocycles. The van der Waals surface area contributed by atoms with E-state index in [1.807, 2.05) is 19.1 Å². The maximum atomic E-state index is 10.9. The molecule has 1 aromatic carbocycles. The molecule has 16 heavy (non-hydrogen) atoms. The Morgan fingerprint density at radius 3 is 2.62 bits per heavy atom. The number of aryl methyl sites for hydroxylation is 1. The van der Waals surface area contributed by atoms with Crippen molar-refractivity contribution >= 4 is 33.0 Å². The Morgan fingerprint density at radius 1 is 1.38 bits per heavy atom. The van der Waals surface area contributed by atoms with Crippen molar-refractivity contribution in [2.75, 3.05) is 0 Å². The number of hydrogen-bond donors (Lipinski definition) is 0. The molecule has 5 heteroatoms. The molecule has 0 spiro atoms. The van der Waals surface area contributed by atoms with Gasteiger partial charge in [-0.15, -0.1) is 11.3 Å². The fourth-order valence-corrected chi connectivity index (χ4v) is 3.00. The number of benzene rings is 1. The SMILES string of the molecule is Cc1cc(-c2ccccc2[N+](=O)[O-])sc1Br. The normalized spacial score (nSPS) is 10.4. The van der Waals surface area contributed by atoms with E-state index in [1.54, 1.807) is 12.1 Å². The lowest BCUT2D eigenvalue weighted by Crippen LogP contribution is -1.89. The molecule has 0 radical (unpaired) electrons. The maximum Gasteiger partial charge on any atom is 0.278 e. The van der Waals surface area contributed by atoms with Crippen LogP contribution in [0.4, 0.5) is 5.69 Å². The van der Waals surface area contributed by atoms with E-state index in [0.717, 1.165) is 14.2 Å². The summed E-state index contributed by atoms with van der Waals surface area (Å²) in [5.74, 6) is 0. The lowest BCUT2D eigenvalue weighted by atomic mass is 10.1. The summed E-state index contributed by atoms with van der Waals surface area (Å²) in [5, 5.41) is 10.9. The predicted molar refractivity (Wildman–Crippen MR) is 68.8 cm³/mol. The molecule has 1 aromatic heterocycles. The number of nitro groups is 1. The predicted octanol–water partition coefficient (Wildman–Crippen LogP) is 4.39. The van der Waals surface area contributed by atoms with Gasteiger partial charge >= 0.3 is 0 Å². The van der Waals surface area contributed by atoms with Gasteiger partial charge in [0, 0.05) is 10.9 Å². The molecule has 0 saturated heterocycles. The highest BCUT2D eigenvalue weighted by Crippen LogP contribution is 2.38. The van der Waals surface area contributed by atoms with E-state index < -0.39 is 0 Å². The molecule has 0 atom stereocenters. The van der Waals surface area contributed by atoms with Crippen molar-refractivity contribution in [2.45, 2.75) is 6.92 Å². The second kappa shape index (κ2) is 4.35. The van der Waals surface area contributed by atoms with Gasteiger partial charge in [0.25, 0.3) is 5.69 Å². The second-order valence-electron chi connectivity index (χ2n) is 3.34. The fourth-order valence-electron chi connectivity index (χ4n) is 1.43. The summed E-state index contributed by atoms with van der Waals surface area (Å²) in [5.41, 5.74) is 1.92. The molecule has 0 aliphatic rings. The van der Waals surface area contributed by atoms with Crippen molar-refractivity contribution < 1.29 is 4.92 Å². The summed E-state index contributed by atoms with van der Waals surface area (Å²) < 4.78 is 1.01. The number of halogens is 1. The van der Waals surface area contributed by atoms with Crippen LogP contribution in [0.1, 0.15) is 5.56 Å². The molecular formula is C11H8BrNO2S. The van der Waals surface area contributed by atoms with E-state index in [9.17, 15) is 10.1 Å². The van der Waals surface area contributed by atoms with Crippen molar-refractivity contribution in [3.8, 4) is 10.4 Å². The van der Waals surface area contributed by atoms with Crippen LogP contribution in [0.3, 0.4) is 0 Å². The van der Waals surface area contributed by atoms with E-state index >= 15 is 0 Å². The highest BCUT2D eigenvalue weighted by atomic mass is 79.9. The molecule has 3 nitrogen and oxygen atoms in total. The molecule has 0 N–H and O–H groups in total. The van der Waals surface area contributed by atoms with Gasteiger partial charge in [-0.2, -0.15) is 0 Å². The van der Waals surface area contributed by atoms with E-state index in [2.05, 4.69) is 15.9 Å². The Morgan fingerprint density at radius 2 is 2.06 bits per heavy atom. The van der Waals surface area contributed by atoms with Gasteiger partial charge in [0.1, 0.15) is 0 Å². The third-order valence-corrected chi connectivity index (χ3v) is 4.39. The highest BCUT2D eigenvalue weighted by molar-refractivity contribution is 9.11. The minimum atomic E-state index is -0.349. The monoisotopic (exact) mass is 297 g/mol. The standard InChI is InChI=1S/C11H8BrNO2S/c1-7-6-10(16-11(7)12)8-4-2-3-5-9(8)13(14)15/h2-6H,1H3. The first-order chi connectivity index (χ1) is 7.59. The Labute approximate surface area is 105 Å². The van der Waals surface area contributed by atoms with Crippen molar-refractivity contribution in [3.63, 3.8) is 0 Å². The second-order valence-corrected chi connectivity index (χ2v) is 5.71. The number of para-hydroxylation sites is 1. The van der Waals surface area contributed by atoms with Gasteiger partial charge in [0.2, 0.25) is 0 Å². The largest absolute Gasteiger partial charge is 0.278 e. The molecule has 0 fully saturated rings. The van der Waals surface area contributed by atoms with Gasteiger partial charge in [0.15, 0.2) is 0 Å². The highest BCUT2D eigenvalue weighted by Gasteiger charge is 2.16. The van der Waals surface area contributed by atoms with Crippen LogP contribution in [0.15, 0.2) is 34.1 Å². The van der Waals surface area contributed by atoms with Crippen LogP contribution >= 0.6 is 27.3 Å². The van der Waals surface area contributed by atoms with Crippen LogP contribution in [0, 0.1) is 17.0 Å². The Bertz CT molecular complexity index is 531. The first-order valence-electron chi connectivity index (χ1n) is 4.59. The number of nitrogens with zero attached hydrogens (tertiary/aromatic N) is 1. The maximum absolute atomic E-state index is 10.9. The smallest absolute Gasteiger partial charge is 0.258 e. The van der Waals surface area contributed by atoms with Crippen molar-refractivity contribution in [3.05, 3.63) is 49.8 Å². The van der Waals surface area contributed by atoms with Crippen molar-refractivity contribution in [2.24, 2.45) is 0 Å². The molecule has 0 unspecified atom stereocenters. The number of nitro benzene ring substituents is 1. The van der Waals surface area contributed by atoms with Gasteiger partial charge < -0.3 is 0 Å². The zero-order valence-electron chi connectivity index (χ0n) is 8.44. The quantitative estimate of drug-likeness (QED) is 0.609. The summed E-state index contributed by atoms with van der Waals surface area (Å²) in [6.07, 6.45) is 0. The minimum Gasteiger partial charge on any atom is -0.258 e. The van der Waals surface area contributed by atoms with Crippen LogP contribution in [-0.2, 0) is 0 Å². The fraction of sp³-hybridized carbons (Fsp3) is 0.0909. The first-order valence-corrected chi connectivity index (χ1v) is 6.20.